The molecule has 0 aliphatic carbocycles. The maximum atomic E-state index is 12.4. The summed E-state index contributed by atoms with van der Waals surface area (Å²) in [5, 5.41) is 10.8. The standard InChI is InChI=1S/C21H30N2O4.C7H6ClF/c1-5-22-16(3)18-14-20(19(26-4)13-15(18)2)27-17-8-10-23(11-9-17)21(25)7-6-12-24;1-5-2-3-7(9)6(8)4-5/h5,13-14,17,24H,2,6-12H2,1,3-4H3;2-4H,1H3/b18-16-,22-5?;. The van der Waals surface area contributed by atoms with Gasteiger partial charge in [0, 0.05) is 56.1 Å². The van der Waals surface area contributed by atoms with Gasteiger partial charge in [-0.3, -0.25) is 9.79 Å². The van der Waals surface area contributed by atoms with E-state index >= 15 is 0 Å². The number of hydrogen-bond acceptors (Lipinski definition) is 5. The Kier molecular flexibility index (Phi) is 11.9. The number of carbonyl (C=O) groups is 1. The number of nitrogens with zero attached hydrogens (tertiary/aromatic N) is 2. The second-order valence-corrected chi connectivity index (χ2v) is 8.98. The minimum Gasteiger partial charge on any atom is -0.493 e. The third kappa shape index (κ3) is 8.64. The van der Waals surface area contributed by atoms with Gasteiger partial charge in [-0.15, -0.1) is 0 Å². The topological polar surface area (TPSA) is 71.4 Å². The molecule has 0 saturated carbocycles. The summed E-state index contributed by atoms with van der Waals surface area (Å²) in [6.07, 6.45) is 4.24. The van der Waals surface area contributed by atoms with Crippen LogP contribution in [0.1, 0.15) is 45.1 Å². The highest BCUT2D eigenvalue weighted by Crippen LogP contribution is 2.27. The number of aliphatic imine (C=N–C) groups is 1. The van der Waals surface area contributed by atoms with E-state index in [0.29, 0.717) is 37.4 Å². The maximum Gasteiger partial charge on any atom is 0.222 e. The molecule has 0 aromatic heterocycles. The van der Waals surface area contributed by atoms with Crippen LogP contribution in [0.3, 0.4) is 0 Å². The lowest BCUT2D eigenvalue weighted by molar-refractivity contribution is -0.133. The van der Waals surface area contributed by atoms with Gasteiger partial charge in [-0.05, 0) is 62.2 Å². The summed E-state index contributed by atoms with van der Waals surface area (Å²) >= 11 is 5.44. The first-order valence-corrected chi connectivity index (χ1v) is 12.4. The quantitative estimate of drug-likeness (QED) is 0.556. The van der Waals surface area contributed by atoms with Crippen molar-refractivity contribution >= 4 is 36.0 Å². The van der Waals surface area contributed by atoms with Crippen molar-refractivity contribution in [3.05, 3.63) is 57.2 Å². The first kappa shape index (κ1) is 29.3. The first-order chi connectivity index (χ1) is 17.2. The monoisotopic (exact) mass is 518 g/mol. The predicted molar refractivity (Wildman–Crippen MR) is 144 cm³/mol. The highest BCUT2D eigenvalue weighted by atomic mass is 35.5. The average molecular weight is 519 g/mol. The molecule has 1 N–H and O–H groups in total. The number of likely N-dealkylation sites (tertiary alicyclic amines) is 1. The van der Waals surface area contributed by atoms with Crippen LogP contribution < -0.4 is 19.9 Å². The van der Waals surface area contributed by atoms with E-state index in [9.17, 15) is 9.18 Å². The molecule has 3 rings (SSSR count). The number of hydrogen-bond donors (Lipinski definition) is 1. The minimum atomic E-state index is -0.359. The number of amides is 1. The van der Waals surface area contributed by atoms with Crippen molar-refractivity contribution < 1.29 is 23.8 Å². The third-order valence-electron chi connectivity index (χ3n) is 5.81. The molecule has 0 atom stereocenters. The molecule has 2 aromatic carbocycles. The van der Waals surface area contributed by atoms with Crippen molar-refractivity contribution in [1.29, 1.82) is 0 Å². The SMILES string of the molecule is C=c1cc(OC)c(OC2CCN(C(=O)CCCO)CC2)c/c1=C(\C)N=CC.Cc1ccc(F)c(Cl)c1. The van der Waals surface area contributed by atoms with Gasteiger partial charge in [0.1, 0.15) is 11.9 Å². The number of carbonyl (C=O) groups excluding carboxylic acids is 1. The molecule has 1 amide bonds. The predicted octanol–water partition coefficient (Wildman–Crippen LogP) is 4.25. The van der Waals surface area contributed by atoms with Gasteiger partial charge in [0.05, 0.1) is 12.1 Å². The Morgan fingerprint density at radius 3 is 2.53 bits per heavy atom. The molecule has 0 radical (unpaired) electrons. The van der Waals surface area contributed by atoms with Crippen LogP contribution in [0.2, 0.25) is 5.02 Å². The fourth-order valence-corrected chi connectivity index (χ4v) is 4.08. The van der Waals surface area contributed by atoms with Crippen LogP contribution in [-0.4, -0.2) is 55.0 Å². The van der Waals surface area contributed by atoms with E-state index in [1.54, 1.807) is 25.5 Å². The number of aliphatic hydroxyl groups excluding tert-OH is 1. The Labute approximate surface area is 217 Å². The number of benzene rings is 2. The molecule has 8 heteroatoms. The van der Waals surface area contributed by atoms with Crippen molar-refractivity contribution in [3.63, 3.8) is 0 Å². The van der Waals surface area contributed by atoms with Crippen LogP contribution in [0.4, 0.5) is 4.39 Å². The zero-order valence-electron chi connectivity index (χ0n) is 21.5. The van der Waals surface area contributed by atoms with E-state index < -0.39 is 0 Å². The molecule has 0 bridgehead atoms. The van der Waals surface area contributed by atoms with Crippen LogP contribution >= 0.6 is 11.6 Å². The number of methoxy groups -OCH3 is 1. The lowest BCUT2D eigenvalue weighted by Crippen LogP contribution is -2.42. The van der Waals surface area contributed by atoms with Gasteiger partial charge in [-0.2, -0.15) is 0 Å². The van der Waals surface area contributed by atoms with E-state index in [-0.39, 0.29) is 29.5 Å². The van der Waals surface area contributed by atoms with Crippen LogP contribution in [0.25, 0.3) is 12.3 Å². The summed E-state index contributed by atoms with van der Waals surface area (Å²) in [5.74, 6) is 1.07. The second-order valence-electron chi connectivity index (χ2n) is 8.58. The highest BCUT2D eigenvalue weighted by molar-refractivity contribution is 6.30. The highest BCUT2D eigenvalue weighted by Gasteiger charge is 2.24. The lowest BCUT2D eigenvalue weighted by atomic mass is 10.1. The van der Waals surface area contributed by atoms with Crippen molar-refractivity contribution in [3.8, 4) is 11.5 Å². The summed E-state index contributed by atoms with van der Waals surface area (Å²) in [5.41, 5.74) is 1.85. The van der Waals surface area contributed by atoms with E-state index in [2.05, 4.69) is 11.6 Å². The van der Waals surface area contributed by atoms with Crippen molar-refractivity contribution in [2.75, 3.05) is 26.8 Å². The van der Waals surface area contributed by atoms with Crippen LogP contribution in [0.5, 0.6) is 11.5 Å². The summed E-state index contributed by atoms with van der Waals surface area (Å²) in [7, 11) is 1.62. The Morgan fingerprint density at radius 2 is 1.97 bits per heavy atom. The fraction of sp³-hybridized carbons (Fsp3) is 0.429. The average Bonchev–Trinajstić information content (AvgIpc) is 2.86. The number of piperidine rings is 1. The third-order valence-corrected chi connectivity index (χ3v) is 6.10. The second kappa shape index (κ2) is 14.6. The molecular formula is C28H36ClFN2O4. The molecule has 1 heterocycles. The molecule has 1 saturated heterocycles. The summed E-state index contributed by atoms with van der Waals surface area (Å²) < 4.78 is 24.0. The van der Waals surface area contributed by atoms with Gasteiger partial charge >= 0.3 is 0 Å². The van der Waals surface area contributed by atoms with Gasteiger partial charge in [-0.25, -0.2) is 4.39 Å². The number of aliphatic hydroxyl groups is 1. The maximum absolute atomic E-state index is 12.4. The molecule has 1 aliphatic rings. The van der Waals surface area contributed by atoms with Gasteiger partial charge in [-0.1, -0.05) is 24.2 Å². The number of aryl methyl sites for hydroxylation is 1. The molecule has 1 fully saturated rings. The molecule has 1 aliphatic heterocycles. The van der Waals surface area contributed by atoms with Crippen molar-refractivity contribution in [2.24, 2.45) is 4.99 Å². The van der Waals surface area contributed by atoms with E-state index in [1.807, 2.05) is 37.8 Å². The number of halogens is 2. The van der Waals surface area contributed by atoms with E-state index in [0.717, 1.165) is 34.5 Å². The largest absolute Gasteiger partial charge is 0.493 e. The molecule has 196 valence electrons. The zero-order valence-corrected chi connectivity index (χ0v) is 22.3. The molecule has 6 nitrogen and oxygen atoms in total. The summed E-state index contributed by atoms with van der Waals surface area (Å²) in [4.78, 5) is 18.3. The van der Waals surface area contributed by atoms with Crippen LogP contribution in [0, 0.1) is 12.7 Å². The van der Waals surface area contributed by atoms with Crippen molar-refractivity contribution in [1.82, 2.24) is 4.90 Å². The number of ether oxygens (including phenoxy) is 2. The van der Waals surface area contributed by atoms with Crippen LogP contribution in [-0.2, 0) is 4.79 Å². The van der Waals surface area contributed by atoms with Crippen LogP contribution in [0.15, 0.2) is 35.3 Å². The molecule has 0 spiro atoms. The van der Waals surface area contributed by atoms with Gasteiger partial charge < -0.3 is 19.5 Å². The van der Waals surface area contributed by atoms with Gasteiger partial charge in [0.2, 0.25) is 5.91 Å². The fourth-order valence-electron chi connectivity index (χ4n) is 3.85. The molecule has 0 unspecified atom stereocenters. The van der Waals surface area contributed by atoms with E-state index in [1.165, 1.54) is 6.07 Å². The Bertz CT molecular complexity index is 1160. The smallest absolute Gasteiger partial charge is 0.222 e. The molecule has 2 aromatic rings. The Morgan fingerprint density at radius 1 is 1.28 bits per heavy atom. The van der Waals surface area contributed by atoms with Crippen molar-refractivity contribution in [2.45, 2.75) is 52.6 Å². The molecule has 36 heavy (non-hydrogen) atoms. The number of rotatable bonds is 7. The Hall–Kier alpha value is -2.90. The summed E-state index contributed by atoms with van der Waals surface area (Å²) in [6, 6.07) is 8.44. The lowest BCUT2D eigenvalue weighted by Gasteiger charge is -2.32. The Balaban J connectivity index is 0.000000425. The first-order valence-electron chi connectivity index (χ1n) is 12.0. The van der Waals surface area contributed by atoms with E-state index in [4.69, 9.17) is 26.2 Å². The minimum absolute atomic E-state index is 0.0271. The van der Waals surface area contributed by atoms with Gasteiger partial charge in [0.25, 0.3) is 0 Å². The molecular weight excluding hydrogens is 483 g/mol. The zero-order chi connectivity index (χ0) is 26.7. The normalized spacial score (nSPS) is 14.8. The van der Waals surface area contributed by atoms with Gasteiger partial charge in [0.15, 0.2) is 11.5 Å². The summed E-state index contributed by atoms with van der Waals surface area (Å²) in [6.45, 7) is 11.2.